The van der Waals surface area contributed by atoms with E-state index in [4.69, 9.17) is 5.11 Å². The Kier molecular flexibility index (Phi) is 4.49. The number of aliphatic hydroxyl groups is 1. The normalized spacial score (nSPS) is 19.9. The lowest BCUT2D eigenvalue weighted by molar-refractivity contribution is -0.117. The van der Waals surface area contributed by atoms with Gasteiger partial charge in [-0.05, 0) is 48.8 Å². The first-order valence-corrected chi connectivity index (χ1v) is 8.41. The summed E-state index contributed by atoms with van der Waals surface area (Å²) in [6.07, 6.45) is 5.82. The summed E-state index contributed by atoms with van der Waals surface area (Å²) in [5.74, 6) is -0.966. The van der Waals surface area contributed by atoms with Crippen molar-refractivity contribution in [2.75, 3.05) is 13.2 Å². The minimum absolute atomic E-state index is 0.117. The molecular formula is C18H24N2O4. The second-order valence-electron chi connectivity index (χ2n) is 7.40. The molecule has 0 saturated heterocycles. The van der Waals surface area contributed by atoms with E-state index in [2.05, 4.69) is 10.6 Å². The van der Waals surface area contributed by atoms with E-state index in [1.165, 1.54) is 31.4 Å². The lowest BCUT2D eigenvalue weighted by atomic mass is 9.45. The van der Waals surface area contributed by atoms with E-state index in [0.29, 0.717) is 18.5 Å². The molecule has 2 amide bonds. The van der Waals surface area contributed by atoms with E-state index < -0.39 is 5.97 Å². The number of carboxylic acid groups (broad SMARTS) is 1. The third-order valence-corrected chi connectivity index (χ3v) is 5.53. The van der Waals surface area contributed by atoms with Crippen molar-refractivity contribution >= 4 is 12.0 Å². The number of hydrogen-bond acceptors (Lipinski definition) is 3. The topological polar surface area (TPSA) is 98.7 Å². The van der Waals surface area contributed by atoms with E-state index in [1.807, 2.05) is 0 Å². The highest BCUT2D eigenvalue weighted by molar-refractivity contribution is 5.87. The fourth-order valence-corrected chi connectivity index (χ4v) is 4.14. The molecule has 0 bridgehead atoms. The van der Waals surface area contributed by atoms with Crippen LogP contribution < -0.4 is 10.6 Å². The molecule has 0 atom stereocenters. The summed E-state index contributed by atoms with van der Waals surface area (Å²) in [5, 5.41) is 24.1. The van der Waals surface area contributed by atoms with Crippen molar-refractivity contribution in [2.24, 2.45) is 10.8 Å². The molecule has 0 aliphatic heterocycles. The number of hydrogen-bond donors (Lipinski definition) is 4. The summed E-state index contributed by atoms with van der Waals surface area (Å²) in [7, 11) is 0. The van der Waals surface area contributed by atoms with Gasteiger partial charge in [-0.1, -0.05) is 18.6 Å². The van der Waals surface area contributed by atoms with Crippen LogP contribution in [0.1, 0.15) is 48.0 Å². The number of urea groups is 1. The molecule has 24 heavy (non-hydrogen) atoms. The number of aliphatic hydroxyl groups excluding tert-OH is 1. The quantitative estimate of drug-likeness (QED) is 0.641. The van der Waals surface area contributed by atoms with E-state index in [-0.39, 0.29) is 23.6 Å². The maximum Gasteiger partial charge on any atom is 0.335 e. The van der Waals surface area contributed by atoms with Crippen LogP contribution >= 0.6 is 0 Å². The van der Waals surface area contributed by atoms with Crippen molar-refractivity contribution in [2.45, 2.75) is 38.6 Å². The number of nitrogens with one attached hydrogen (secondary N) is 2. The van der Waals surface area contributed by atoms with Crippen molar-refractivity contribution in [3.8, 4) is 0 Å². The van der Waals surface area contributed by atoms with Gasteiger partial charge in [0.2, 0.25) is 0 Å². The van der Waals surface area contributed by atoms with Gasteiger partial charge in [-0.15, -0.1) is 0 Å². The maximum absolute atomic E-state index is 11.9. The molecule has 4 N–H and O–H groups in total. The molecule has 2 aliphatic rings. The molecule has 1 aromatic carbocycles. The number of carbonyl (C=O) groups excluding carboxylic acids is 1. The third kappa shape index (κ3) is 3.38. The van der Waals surface area contributed by atoms with Gasteiger partial charge in [0, 0.05) is 18.5 Å². The number of amides is 2. The summed E-state index contributed by atoms with van der Waals surface area (Å²) in [6, 6.07) is 6.14. The molecule has 6 heteroatoms. The van der Waals surface area contributed by atoms with Crippen molar-refractivity contribution in [1.82, 2.24) is 10.6 Å². The summed E-state index contributed by atoms with van der Waals surface area (Å²) >= 11 is 0. The van der Waals surface area contributed by atoms with E-state index in [9.17, 15) is 14.7 Å². The highest BCUT2D eigenvalue weighted by Gasteiger charge is 2.56. The monoisotopic (exact) mass is 332 g/mol. The first-order chi connectivity index (χ1) is 11.5. The zero-order valence-electron chi connectivity index (χ0n) is 13.7. The Labute approximate surface area is 141 Å². The van der Waals surface area contributed by atoms with E-state index in [0.717, 1.165) is 18.4 Å². The number of aromatic carboxylic acids is 1. The molecule has 0 aromatic heterocycles. The Morgan fingerprint density at radius 3 is 2.25 bits per heavy atom. The van der Waals surface area contributed by atoms with Gasteiger partial charge in [0.1, 0.15) is 0 Å². The molecule has 2 aliphatic carbocycles. The lowest BCUT2D eigenvalue weighted by Gasteiger charge is -2.60. The number of carboxylic acids is 1. The van der Waals surface area contributed by atoms with Crippen molar-refractivity contribution < 1.29 is 19.8 Å². The van der Waals surface area contributed by atoms with E-state index in [1.54, 1.807) is 12.1 Å². The summed E-state index contributed by atoms with van der Waals surface area (Å²) in [5.41, 5.74) is 1.36. The smallest absolute Gasteiger partial charge is 0.335 e. The van der Waals surface area contributed by atoms with Gasteiger partial charge in [0.15, 0.2) is 0 Å². The zero-order chi connectivity index (χ0) is 17.2. The fraction of sp³-hybridized carbons (Fsp3) is 0.556. The molecule has 3 rings (SSSR count). The van der Waals surface area contributed by atoms with Gasteiger partial charge in [-0.2, -0.15) is 0 Å². The van der Waals surface area contributed by atoms with Gasteiger partial charge in [-0.25, -0.2) is 9.59 Å². The Morgan fingerprint density at radius 1 is 1.08 bits per heavy atom. The summed E-state index contributed by atoms with van der Waals surface area (Å²) in [6.45, 7) is 0.947. The van der Waals surface area contributed by atoms with Crippen LogP contribution in [-0.4, -0.2) is 35.4 Å². The molecule has 0 heterocycles. The second-order valence-corrected chi connectivity index (χ2v) is 7.40. The predicted octanol–water partition coefficient (Wildman–Crippen LogP) is 2.13. The molecule has 0 unspecified atom stereocenters. The van der Waals surface area contributed by atoms with Gasteiger partial charge in [0.25, 0.3) is 0 Å². The minimum atomic E-state index is -0.966. The van der Waals surface area contributed by atoms with Crippen LogP contribution in [0.2, 0.25) is 0 Å². The highest BCUT2D eigenvalue weighted by Crippen LogP contribution is 2.63. The molecule has 1 aromatic rings. The minimum Gasteiger partial charge on any atom is -0.478 e. The van der Waals surface area contributed by atoms with Crippen LogP contribution in [0.5, 0.6) is 0 Å². The first-order valence-electron chi connectivity index (χ1n) is 8.41. The fourth-order valence-electron chi connectivity index (χ4n) is 4.14. The van der Waals surface area contributed by atoms with Crippen LogP contribution in [0.4, 0.5) is 4.79 Å². The Bertz CT molecular complexity index is 614. The van der Waals surface area contributed by atoms with Crippen molar-refractivity contribution in [1.29, 1.82) is 0 Å². The van der Waals surface area contributed by atoms with Gasteiger partial charge in [-0.3, -0.25) is 0 Å². The molecule has 2 fully saturated rings. The zero-order valence-corrected chi connectivity index (χ0v) is 13.7. The molecular weight excluding hydrogens is 308 g/mol. The van der Waals surface area contributed by atoms with Gasteiger partial charge < -0.3 is 20.8 Å². The second kappa shape index (κ2) is 6.43. The number of carbonyl (C=O) groups is 2. The Hall–Kier alpha value is -2.08. The van der Waals surface area contributed by atoms with Crippen LogP contribution in [0, 0.1) is 10.8 Å². The lowest BCUT2D eigenvalue weighted by Crippen LogP contribution is -2.57. The summed E-state index contributed by atoms with van der Waals surface area (Å²) < 4.78 is 0. The van der Waals surface area contributed by atoms with E-state index >= 15 is 0 Å². The molecule has 130 valence electrons. The highest BCUT2D eigenvalue weighted by atomic mass is 16.4. The average molecular weight is 332 g/mol. The molecule has 6 nitrogen and oxygen atoms in total. The Balaban J connectivity index is 1.41. The van der Waals surface area contributed by atoms with Crippen molar-refractivity contribution in [3.63, 3.8) is 0 Å². The van der Waals surface area contributed by atoms with Crippen LogP contribution in [0.25, 0.3) is 0 Å². The Morgan fingerprint density at radius 2 is 1.75 bits per heavy atom. The van der Waals surface area contributed by atoms with Crippen LogP contribution in [0.15, 0.2) is 24.3 Å². The largest absolute Gasteiger partial charge is 0.478 e. The predicted molar refractivity (Wildman–Crippen MR) is 88.7 cm³/mol. The number of rotatable bonds is 6. The standard InChI is InChI=1S/C18H24N2O4/c21-12-18(9-17(10-18)6-1-7-17)11-20-16(24)19-8-13-2-4-14(5-3-13)15(22)23/h2-5,21H,1,6-12H2,(H,22,23)(H2,19,20,24). The van der Waals surface area contributed by atoms with Crippen LogP contribution in [-0.2, 0) is 6.54 Å². The SMILES string of the molecule is O=C(NCc1ccc(C(=O)O)cc1)NCC1(CO)CC2(CCC2)C1. The average Bonchev–Trinajstić information content (AvgIpc) is 2.51. The molecule has 1 spiro atoms. The molecule has 0 radical (unpaired) electrons. The van der Waals surface area contributed by atoms with Crippen LogP contribution in [0.3, 0.4) is 0 Å². The first kappa shape index (κ1) is 16.8. The maximum atomic E-state index is 11.9. The number of benzene rings is 1. The van der Waals surface area contributed by atoms with Gasteiger partial charge in [0.05, 0.1) is 12.2 Å². The van der Waals surface area contributed by atoms with Gasteiger partial charge >= 0.3 is 12.0 Å². The summed E-state index contributed by atoms with van der Waals surface area (Å²) in [4.78, 5) is 22.7. The van der Waals surface area contributed by atoms with Crippen molar-refractivity contribution in [3.05, 3.63) is 35.4 Å². The molecule has 2 saturated carbocycles. The third-order valence-electron chi connectivity index (χ3n) is 5.53.